The van der Waals surface area contributed by atoms with Gasteiger partial charge in [0.2, 0.25) is 0 Å². The number of para-hydroxylation sites is 1. The first-order valence-electron chi connectivity index (χ1n) is 7.93. The number of hydrogen-bond acceptors (Lipinski definition) is 2. The first-order chi connectivity index (χ1) is 9.52. The van der Waals surface area contributed by atoms with Crippen LogP contribution >= 0.6 is 0 Å². The molecule has 112 valence electrons. The molecule has 0 amide bonds. The van der Waals surface area contributed by atoms with E-state index in [1.165, 1.54) is 24.8 Å². The molecule has 0 aromatic heterocycles. The van der Waals surface area contributed by atoms with Crippen molar-refractivity contribution in [2.24, 2.45) is 17.6 Å². The second kappa shape index (κ2) is 6.62. The Balaban J connectivity index is 2.06. The van der Waals surface area contributed by atoms with Gasteiger partial charge >= 0.3 is 0 Å². The van der Waals surface area contributed by atoms with Crippen LogP contribution in [0.4, 0.5) is 0 Å². The standard InChI is InChI=1S/C18H29NO/c1-14(2)11-15-7-6-10-18(19,12-15)13-16-8-4-5-9-17(16)20-3/h4-5,8-9,14-15H,6-7,10-13,19H2,1-3H3. The Labute approximate surface area is 123 Å². The summed E-state index contributed by atoms with van der Waals surface area (Å²) < 4.78 is 5.47. The predicted molar refractivity (Wildman–Crippen MR) is 85.0 cm³/mol. The maximum Gasteiger partial charge on any atom is 0.122 e. The molecule has 1 aliphatic rings. The number of methoxy groups -OCH3 is 1. The fourth-order valence-electron chi connectivity index (χ4n) is 3.78. The molecule has 0 bridgehead atoms. The van der Waals surface area contributed by atoms with E-state index >= 15 is 0 Å². The van der Waals surface area contributed by atoms with Gasteiger partial charge in [-0.05, 0) is 49.1 Å². The summed E-state index contributed by atoms with van der Waals surface area (Å²) in [4.78, 5) is 0. The van der Waals surface area contributed by atoms with E-state index in [9.17, 15) is 0 Å². The zero-order valence-electron chi connectivity index (χ0n) is 13.2. The van der Waals surface area contributed by atoms with E-state index in [2.05, 4.69) is 26.0 Å². The van der Waals surface area contributed by atoms with E-state index in [0.29, 0.717) is 0 Å². The van der Waals surface area contributed by atoms with Gasteiger partial charge in [-0.1, -0.05) is 44.9 Å². The van der Waals surface area contributed by atoms with E-state index in [1.807, 2.05) is 12.1 Å². The molecule has 20 heavy (non-hydrogen) atoms. The molecule has 0 heterocycles. The summed E-state index contributed by atoms with van der Waals surface area (Å²) in [6.07, 6.45) is 7.16. The predicted octanol–water partition coefficient (Wildman–Crippen LogP) is 4.17. The van der Waals surface area contributed by atoms with E-state index in [0.717, 1.165) is 36.8 Å². The smallest absolute Gasteiger partial charge is 0.122 e. The quantitative estimate of drug-likeness (QED) is 0.875. The highest BCUT2D eigenvalue weighted by Crippen LogP contribution is 2.37. The molecule has 0 radical (unpaired) electrons. The maximum absolute atomic E-state index is 6.73. The molecule has 2 unspecified atom stereocenters. The van der Waals surface area contributed by atoms with E-state index in [-0.39, 0.29) is 5.54 Å². The molecule has 0 aliphatic heterocycles. The second-order valence-corrected chi connectivity index (χ2v) is 6.94. The zero-order valence-corrected chi connectivity index (χ0v) is 13.2. The first-order valence-corrected chi connectivity index (χ1v) is 7.93. The number of benzene rings is 1. The molecule has 2 heteroatoms. The molecule has 2 atom stereocenters. The van der Waals surface area contributed by atoms with Crippen molar-refractivity contribution in [2.75, 3.05) is 7.11 Å². The third kappa shape index (κ3) is 3.99. The molecule has 1 aliphatic carbocycles. The highest BCUT2D eigenvalue weighted by atomic mass is 16.5. The van der Waals surface area contributed by atoms with E-state index in [1.54, 1.807) is 7.11 Å². The summed E-state index contributed by atoms with van der Waals surface area (Å²) in [5, 5.41) is 0. The highest BCUT2D eigenvalue weighted by Gasteiger charge is 2.33. The van der Waals surface area contributed by atoms with Crippen LogP contribution in [0.2, 0.25) is 0 Å². The van der Waals surface area contributed by atoms with Crippen LogP contribution in [0.25, 0.3) is 0 Å². The molecule has 0 saturated heterocycles. The van der Waals surface area contributed by atoms with Crippen LogP contribution in [0.3, 0.4) is 0 Å². The van der Waals surface area contributed by atoms with Gasteiger partial charge in [0.15, 0.2) is 0 Å². The molecular weight excluding hydrogens is 246 g/mol. The van der Waals surface area contributed by atoms with Crippen LogP contribution < -0.4 is 10.5 Å². The zero-order chi connectivity index (χ0) is 14.6. The Bertz CT molecular complexity index is 429. The summed E-state index contributed by atoms with van der Waals surface area (Å²) >= 11 is 0. The van der Waals surface area contributed by atoms with Gasteiger partial charge in [-0.2, -0.15) is 0 Å². The van der Waals surface area contributed by atoms with Gasteiger partial charge in [-0.15, -0.1) is 0 Å². The maximum atomic E-state index is 6.73. The van der Waals surface area contributed by atoms with Gasteiger partial charge in [-0.25, -0.2) is 0 Å². The topological polar surface area (TPSA) is 35.2 Å². The SMILES string of the molecule is COc1ccccc1CC1(N)CCCC(CC(C)C)C1. The molecule has 1 saturated carbocycles. The van der Waals surface area contributed by atoms with Gasteiger partial charge in [0.1, 0.15) is 5.75 Å². The Morgan fingerprint density at radius 2 is 2.10 bits per heavy atom. The van der Waals surface area contributed by atoms with E-state index < -0.39 is 0 Å². The molecule has 2 nitrogen and oxygen atoms in total. The Morgan fingerprint density at radius 1 is 1.35 bits per heavy atom. The molecule has 0 spiro atoms. The molecule has 1 fully saturated rings. The van der Waals surface area contributed by atoms with Crippen LogP contribution in [0, 0.1) is 11.8 Å². The second-order valence-electron chi connectivity index (χ2n) is 6.94. The minimum Gasteiger partial charge on any atom is -0.496 e. The lowest BCUT2D eigenvalue weighted by Gasteiger charge is -2.39. The molecule has 1 aromatic carbocycles. The number of rotatable bonds is 5. The van der Waals surface area contributed by atoms with Gasteiger partial charge in [0.25, 0.3) is 0 Å². The lowest BCUT2D eigenvalue weighted by molar-refractivity contribution is 0.199. The van der Waals surface area contributed by atoms with Crippen molar-refractivity contribution in [1.82, 2.24) is 0 Å². The average molecular weight is 275 g/mol. The first kappa shape index (κ1) is 15.4. The van der Waals surface area contributed by atoms with Crippen molar-refractivity contribution >= 4 is 0 Å². The van der Waals surface area contributed by atoms with Gasteiger partial charge in [-0.3, -0.25) is 0 Å². The van der Waals surface area contributed by atoms with Crippen LogP contribution in [-0.4, -0.2) is 12.6 Å². The van der Waals surface area contributed by atoms with Crippen LogP contribution in [0.15, 0.2) is 24.3 Å². The van der Waals surface area contributed by atoms with E-state index in [4.69, 9.17) is 10.5 Å². The summed E-state index contributed by atoms with van der Waals surface area (Å²) in [5.41, 5.74) is 7.93. The molecular formula is C18H29NO. The van der Waals surface area contributed by atoms with Gasteiger partial charge < -0.3 is 10.5 Å². The molecule has 2 rings (SSSR count). The number of ether oxygens (including phenoxy) is 1. The van der Waals surface area contributed by atoms with Crippen molar-refractivity contribution in [3.8, 4) is 5.75 Å². The lowest BCUT2D eigenvalue weighted by atomic mass is 9.71. The third-order valence-electron chi connectivity index (χ3n) is 4.52. The van der Waals surface area contributed by atoms with Crippen molar-refractivity contribution < 1.29 is 4.74 Å². The third-order valence-corrected chi connectivity index (χ3v) is 4.52. The Morgan fingerprint density at radius 3 is 2.80 bits per heavy atom. The largest absolute Gasteiger partial charge is 0.496 e. The van der Waals surface area contributed by atoms with Crippen molar-refractivity contribution in [2.45, 2.75) is 57.9 Å². The van der Waals surface area contributed by atoms with Gasteiger partial charge in [0, 0.05) is 5.54 Å². The summed E-state index contributed by atoms with van der Waals surface area (Å²) in [6.45, 7) is 4.63. The molecule has 1 aromatic rings. The minimum atomic E-state index is -0.0492. The highest BCUT2D eigenvalue weighted by molar-refractivity contribution is 5.34. The fourth-order valence-corrected chi connectivity index (χ4v) is 3.78. The number of nitrogens with two attached hydrogens (primary N) is 1. The van der Waals surface area contributed by atoms with Crippen molar-refractivity contribution in [3.63, 3.8) is 0 Å². The lowest BCUT2D eigenvalue weighted by Crippen LogP contribution is -2.46. The van der Waals surface area contributed by atoms with Crippen molar-refractivity contribution in [3.05, 3.63) is 29.8 Å². The van der Waals surface area contributed by atoms with Crippen molar-refractivity contribution in [1.29, 1.82) is 0 Å². The summed E-state index contributed by atoms with van der Waals surface area (Å²) in [7, 11) is 1.74. The minimum absolute atomic E-state index is 0.0492. The summed E-state index contributed by atoms with van der Waals surface area (Å²) in [6, 6.07) is 8.29. The Kier molecular flexibility index (Phi) is 5.09. The number of hydrogen-bond donors (Lipinski definition) is 1. The fraction of sp³-hybridized carbons (Fsp3) is 0.667. The van der Waals surface area contributed by atoms with Crippen LogP contribution in [-0.2, 0) is 6.42 Å². The summed E-state index contributed by atoms with van der Waals surface area (Å²) in [5.74, 6) is 2.54. The normalized spacial score (nSPS) is 26.8. The van der Waals surface area contributed by atoms with Crippen LogP contribution in [0.1, 0.15) is 51.5 Å². The van der Waals surface area contributed by atoms with Crippen LogP contribution in [0.5, 0.6) is 5.75 Å². The monoisotopic (exact) mass is 275 g/mol. The molecule has 2 N–H and O–H groups in total. The Hall–Kier alpha value is -1.02. The average Bonchev–Trinajstić information content (AvgIpc) is 2.38. The van der Waals surface area contributed by atoms with Gasteiger partial charge in [0.05, 0.1) is 7.11 Å².